The molecule has 10 nitrogen and oxygen atoms in total. The normalized spacial score (nSPS) is 23.9. The van der Waals surface area contributed by atoms with Crippen molar-refractivity contribution in [1.29, 1.82) is 5.26 Å². The van der Waals surface area contributed by atoms with Crippen LogP contribution in [0.25, 0.3) is 11.0 Å². The first-order valence-corrected chi connectivity index (χ1v) is 10.6. The van der Waals surface area contributed by atoms with Crippen LogP contribution in [-0.2, 0) is 0 Å². The molecule has 0 radical (unpaired) electrons. The van der Waals surface area contributed by atoms with E-state index in [1.807, 2.05) is 13.0 Å². The molecule has 2 aliphatic heterocycles. The first-order chi connectivity index (χ1) is 14.7. The van der Waals surface area contributed by atoms with Crippen LogP contribution in [0.5, 0.6) is 0 Å². The summed E-state index contributed by atoms with van der Waals surface area (Å²) in [5.41, 5.74) is 1.66. The van der Waals surface area contributed by atoms with E-state index in [2.05, 4.69) is 47.0 Å². The highest BCUT2D eigenvalue weighted by Crippen LogP contribution is 2.35. The number of aromatic nitrogens is 6. The van der Waals surface area contributed by atoms with Gasteiger partial charge in [-0.15, -0.1) is 0 Å². The molecule has 0 amide bonds. The quantitative estimate of drug-likeness (QED) is 0.491. The maximum absolute atomic E-state index is 8.97. The van der Waals surface area contributed by atoms with Crippen molar-refractivity contribution in [3.63, 3.8) is 0 Å². The molecule has 3 aromatic heterocycles. The molecular weight excluding hydrogens is 380 g/mol. The monoisotopic (exact) mass is 406 g/mol. The van der Waals surface area contributed by atoms with Crippen LogP contribution in [0.4, 0.5) is 17.6 Å². The molecule has 2 bridgehead atoms. The number of fused-ring (bicyclic) bond motifs is 5. The molecule has 3 fully saturated rings. The van der Waals surface area contributed by atoms with Crippen molar-refractivity contribution in [3.8, 4) is 6.07 Å². The molecule has 0 aromatic carbocycles. The summed E-state index contributed by atoms with van der Waals surface area (Å²) in [4.78, 5) is 11.8. The van der Waals surface area contributed by atoms with E-state index < -0.39 is 0 Å². The molecule has 30 heavy (non-hydrogen) atoms. The van der Waals surface area contributed by atoms with Gasteiger partial charge in [0.05, 0.1) is 17.7 Å². The highest BCUT2D eigenvalue weighted by atomic mass is 15.3. The van der Waals surface area contributed by atoms with E-state index in [9.17, 15) is 0 Å². The van der Waals surface area contributed by atoms with E-state index in [1.54, 1.807) is 6.20 Å². The van der Waals surface area contributed by atoms with Gasteiger partial charge >= 0.3 is 0 Å². The Morgan fingerprint density at radius 2 is 2.20 bits per heavy atom. The van der Waals surface area contributed by atoms with E-state index in [1.165, 1.54) is 12.8 Å². The Morgan fingerprint density at radius 3 is 3.03 bits per heavy atom. The van der Waals surface area contributed by atoms with Crippen molar-refractivity contribution in [2.24, 2.45) is 5.92 Å². The minimum absolute atomic E-state index is 0.336. The summed E-state index contributed by atoms with van der Waals surface area (Å²) in [6, 6.07) is 5.07. The lowest BCUT2D eigenvalue weighted by atomic mass is 9.94. The van der Waals surface area contributed by atoms with Gasteiger partial charge in [0.2, 0.25) is 5.95 Å². The summed E-state index contributed by atoms with van der Waals surface area (Å²) >= 11 is 0. The minimum atomic E-state index is 0.336. The summed E-state index contributed by atoms with van der Waals surface area (Å²) in [6.07, 6.45) is 7.03. The predicted molar refractivity (Wildman–Crippen MR) is 113 cm³/mol. The summed E-state index contributed by atoms with van der Waals surface area (Å²) in [7, 11) is 0. The molecule has 3 aliphatic rings. The van der Waals surface area contributed by atoms with E-state index in [0.717, 1.165) is 42.8 Å². The molecule has 10 heteroatoms. The van der Waals surface area contributed by atoms with Gasteiger partial charge in [0, 0.05) is 43.4 Å². The van der Waals surface area contributed by atoms with E-state index in [0.29, 0.717) is 41.8 Å². The fraction of sp³-hybridized carbons (Fsp3) is 0.550. The number of nitrogens with zero attached hydrogens (tertiary/aromatic N) is 6. The van der Waals surface area contributed by atoms with Crippen molar-refractivity contribution < 1.29 is 0 Å². The van der Waals surface area contributed by atoms with Gasteiger partial charge < -0.3 is 10.6 Å². The van der Waals surface area contributed by atoms with Crippen molar-refractivity contribution in [3.05, 3.63) is 18.0 Å². The zero-order valence-electron chi connectivity index (χ0n) is 17.0. The van der Waals surface area contributed by atoms with Crippen LogP contribution >= 0.6 is 0 Å². The van der Waals surface area contributed by atoms with E-state index in [-0.39, 0.29) is 0 Å². The third kappa shape index (κ3) is 3.80. The number of aryl methyl sites for hydroxylation is 1. The summed E-state index contributed by atoms with van der Waals surface area (Å²) in [6.45, 7) is 3.92. The molecule has 156 valence electrons. The van der Waals surface area contributed by atoms with Crippen LogP contribution in [-0.4, -0.2) is 60.4 Å². The predicted octanol–water partition coefficient (Wildman–Crippen LogP) is 2.70. The molecule has 0 unspecified atom stereocenters. The SMILES string of the molecule is Cc1cc(Nc2nc(N[C@H]3C[C@@H]4CC[C@H](C3)N(CCC#N)C4)c3cn[nH]c3n2)n[nH]1. The number of hydrogen-bond acceptors (Lipinski definition) is 8. The Kier molecular flexibility index (Phi) is 4.96. The molecule has 6 rings (SSSR count). The molecule has 1 saturated carbocycles. The third-order valence-corrected chi connectivity index (χ3v) is 6.20. The Hall–Kier alpha value is -3.19. The minimum Gasteiger partial charge on any atom is -0.366 e. The van der Waals surface area contributed by atoms with Crippen LogP contribution in [0.15, 0.2) is 12.3 Å². The third-order valence-electron chi connectivity index (χ3n) is 6.20. The Bertz CT molecular complexity index is 1060. The Balaban J connectivity index is 1.37. The molecule has 0 spiro atoms. The summed E-state index contributed by atoms with van der Waals surface area (Å²) < 4.78 is 0. The molecule has 5 heterocycles. The zero-order chi connectivity index (χ0) is 20.5. The lowest BCUT2D eigenvalue weighted by Crippen LogP contribution is -2.41. The van der Waals surface area contributed by atoms with Gasteiger partial charge in [-0.1, -0.05) is 0 Å². The van der Waals surface area contributed by atoms with Gasteiger partial charge in [0.1, 0.15) is 5.82 Å². The summed E-state index contributed by atoms with van der Waals surface area (Å²) in [5, 5.41) is 30.9. The molecule has 3 aromatic rings. The Morgan fingerprint density at radius 1 is 1.27 bits per heavy atom. The first-order valence-electron chi connectivity index (χ1n) is 10.6. The second kappa shape index (κ2) is 7.91. The van der Waals surface area contributed by atoms with Crippen molar-refractivity contribution in [2.45, 2.75) is 51.1 Å². The second-order valence-corrected chi connectivity index (χ2v) is 8.40. The van der Waals surface area contributed by atoms with Gasteiger partial charge in [-0.05, 0) is 38.5 Å². The number of H-pyrrole nitrogens is 2. The Labute approximate surface area is 174 Å². The van der Waals surface area contributed by atoms with Gasteiger partial charge in [-0.2, -0.15) is 25.4 Å². The number of aromatic amines is 2. The van der Waals surface area contributed by atoms with Crippen molar-refractivity contribution in [1.82, 2.24) is 35.3 Å². The fourth-order valence-corrected chi connectivity index (χ4v) is 4.85. The highest BCUT2D eigenvalue weighted by molar-refractivity contribution is 5.87. The largest absolute Gasteiger partial charge is 0.366 e. The maximum atomic E-state index is 8.97. The topological polar surface area (TPSA) is 134 Å². The number of nitrogens with one attached hydrogen (secondary N) is 4. The van der Waals surface area contributed by atoms with Crippen LogP contribution < -0.4 is 10.6 Å². The van der Waals surface area contributed by atoms with Gasteiger partial charge in [-0.3, -0.25) is 15.1 Å². The second-order valence-electron chi connectivity index (χ2n) is 8.40. The fourth-order valence-electron chi connectivity index (χ4n) is 4.85. The molecule has 3 atom stereocenters. The molecule has 4 N–H and O–H groups in total. The van der Waals surface area contributed by atoms with Gasteiger partial charge in [-0.25, -0.2) is 0 Å². The number of hydrogen-bond donors (Lipinski definition) is 4. The van der Waals surface area contributed by atoms with Crippen LogP contribution in [0.2, 0.25) is 0 Å². The van der Waals surface area contributed by atoms with Gasteiger partial charge in [0.25, 0.3) is 0 Å². The molecule has 2 saturated heterocycles. The average Bonchev–Trinajstić information content (AvgIpc) is 3.27. The number of piperidine rings is 1. The highest BCUT2D eigenvalue weighted by Gasteiger charge is 2.35. The van der Waals surface area contributed by atoms with E-state index in [4.69, 9.17) is 10.2 Å². The standard InChI is InChI=1S/C20H26N10/c1-12-7-17(28-27-12)24-20-25-18(16-10-22-29-19(16)26-20)23-14-8-13-3-4-15(9-14)30(11-13)6-2-5-21/h7,10,13-15H,2-4,6,8-9,11H2,1H3,(H4,22,23,24,25,26,27,28,29)/t13-,14-,15+/m0/s1. The lowest BCUT2D eigenvalue weighted by Gasteiger charge is -2.36. The van der Waals surface area contributed by atoms with E-state index >= 15 is 0 Å². The lowest BCUT2D eigenvalue weighted by molar-refractivity contribution is 0.127. The van der Waals surface area contributed by atoms with Crippen LogP contribution in [0, 0.1) is 24.2 Å². The van der Waals surface area contributed by atoms with Gasteiger partial charge in [0.15, 0.2) is 11.5 Å². The maximum Gasteiger partial charge on any atom is 0.232 e. The number of rotatable bonds is 6. The van der Waals surface area contributed by atoms with Crippen molar-refractivity contribution >= 4 is 28.6 Å². The first kappa shape index (κ1) is 18.8. The molecular formula is C20H26N10. The zero-order valence-corrected chi connectivity index (χ0v) is 17.0. The molecule has 1 aliphatic carbocycles. The number of nitriles is 1. The average molecular weight is 406 g/mol. The number of anilines is 3. The smallest absolute Gasteiger partial charge is 0.232 e. The van der Waals surface area contributed by atoms with Crippen LogP contribution in [0.3, 0.4) is 0 Å². The van der Waals surface area contributed by atoms with Crippen molar-refractivity contribution in [2.75, 3.05) is 23.7 Å². The van der Waals surface area contributed by atoms with Crippen LogP contribution in [0.1, 0.15) is 37.8 Å². The summed E-state index contributed by atoms with van der Waals surface area (Å²) in [5.74, 6) is 2.61.